The highest BCUT2D eigenvalue weighted by molar-refractivity contribution is 5.82. The van der Waals surface area contributed by atoms with E-state index in [2.05, 4.69) is 20.1 Å². The Kier molecular flexibility index (Phi) is 4.83. The van der Waals surface area contributed by atoms with Gasteiger partial charge in [-0.25, -0.2) is 4.98 Å². The van der Waals surface area contributed by atoms with E-state index >= 15 is 0 Å². The van der Waals surface area contributed by atoms with E-state index in [9.17, 15) is 13.2 Å². The normalized spacial score (nSPS) is 12.0. The van der Waals surface area contributed by atoms with Crippen molar-refractivity contribution in [2.24, 2.45) is 5.10 Å². The van der Waals surface area contributed by atoms with Crippen LogP contribution in [0.15, 0.2) is 52.3 Å². The van der Waals surface area contributed by atoms with Gasteiger partial charge >= 0.3 is 6.18 Å². The average molecular weight is 362 g/mol. The molecule has 0 atom stereocenters. The predicted octanol–water partition coefficient (Wildman–Crippen LogP) is 4.61. The second-order valence-electron chi connectivity index (χ2n) is 5.79. The lowest BCUT2D eigenvalue weighted by atomic mass is 10.2. The molecule has 3 heterocycles. The average Bonchev–Trinajstić information content (AvgIpc) is 3.19. The summed E-state index contributed by atoms with van der Waals surface area (Å²) in [5.74, 6) is 1.08. The molecule has 0 bridgehead atoms. The number of hydrogen-bond acceptors (Lipinski definition) is 4. The molecule has 0 aliphatic rings. The quantitative estimate of drug-likeness (QED) is 0.533. The molecule has 3 rings (SSSR count). The fourth-order valence-corrected chi connectivity index (χ4v) is 2.56. The highest BCUT2D eigenvalue weighted by atomic mass is 19.4. The fraction of sp³-hybridized carbons (Fsp3) is 0.222. The monoisotopic (exact) mass is 362 g/mol. The fourth-order valence-electron chi connectivity index (χ4n) is 2.56. The molecular weight excluding hydrogens is 345 g/mol. The molecule has 0 radical (unpaired) electrons. The largest absolute Gasteiger partial charge is 0.467 e. The summed E-state index contributed by atoms with van der Waals surface area (Å²) in [6, 6.07) is 7.92. The second kappa shape index (κ2) is 7.07. The van der Waals surface area contributed by atoms with Crippen molar-refractivity contribution in [3.8, 4) is 0 Å². The van der Waals surface area contributed by atoms with Gasteiger partial charge in [-0.15, -0.1) is 0 Å². The van der Waals surface area contributed by atoms with Gasteiger partial charge in [0.1, 0.15) is 11.6 Å². The van der Waals surface area contributed by atoms with Crippen LogP contribution in [0, 0.1) is 13.8 Å². The van der Waals surface area contributed by atoms with Crippen molar-refractivity contribution in [2.45, 2.75) is 26.6 Å². The van der Waals surface area contributed by atoms with Crippen molar-refractivity contribution in [3.05, 3.63) is 71.1 Å². The van der Waals surface area contributed by atoms with Crippen molar-refractivity contribution in [3.63, 3.8) is 0 Å². The SMILES string of the molecule is Cc1cc(C=NNc2ccc(C(F)(F)F)cn2)c(C)n1Cc1ccco1. The minimum Gasteiger partial charge on any atom is -0.467 e. The van der Waals surface area contributed by atoms with Crippen molar-refractivity contribution in [1.82, 2.24) is 9.55 Å². The van der Waals surface area contributed by atoms with E-state index in [0.29, 0.717) is 6.54 Å². The van der Waals surface area contributed by atoms with Crippen molar-refractivity contribution < 1.29 is 17.6 Å². The summed E-state index contributed by atoms with van der Waals surface area (Å²) >= 11 is 0. The maximum absolute atomic E-state index is 12.5. The van der Waals surface area contributed by atoms with E-state index in [-0.39, 0.29) is 5.82 Å². The maximum Gasteiger partial charge on any atom is 0.417 e. The summed E-state index contributed by atoms with van der Waals surface area (Å²) in [5.41, 5.74) is 4.79. The number of nitrogens with zero attached hydrogens (tertiary/aromatic N) is 3. The Balaban J connectivity index is 1.69. The number of pyridine rings is 1. The van der Waals surface area contributed by atoms with Gasteiger partial charge in [0.2, 0.25) is 0 Å². The third-order valence-electron chi connectivity index (χ3n) is 3.98. The number of rotatable bonds is 5. The lowest BCUT2D eigenvalue weighted by molar-refractivity contribution is -0.137. The first kappa shape index (κ1) is 17.8. The zero-order valence-corrected chi connectivity index (χ0v) is 14.2. The van der Waals surface area contributed by atoms with Crippen molar-refractivity contribution in [2.75, 3.05) is 5.43 Å². The van der Waals surface area contributed by atoms with Crippen LogP contribution >= 0.6 is 0 Å². The van der Waals surface area contributed by atoms with Gasteiger partial charge in [0.05, 0.1) is 24.6 Å². The molecule has 3 aromatic rings. The second-order valence-corrected chi connectivity index (χ2v) is 5.79. The van der Waals surface area contributed by atoms with Gasteiger partial charge in [0, 0.05) is 23.1 Å². The van der Waals surface area contributed by atoms with Gasteiger partial charge in [-0.3, -0.25) is 5.43 Å². The van der Waals surface area contributed by atoms with Gasteiger partial charge in [0.25, 0.3) is 0 Å². The summed E-state index contributed by atoms with van der Waals surface area (Å²) in [5, 5.41) is 4.06. The molecule has 3 aromatic heterocycles. The molecule has 0 aliphatic heterocycles. The third kappa shape index (κ3) is 3.96. The molecule has 0 unspecified atom stereocenters. The summed E-state index contributed by atoms with van der Waals surface area (Å²) in [6.45, 7) is 4.57. The van der Waals surface area contributed by atoms with Crippen LogP contribution in [0.4, 0.5) is 19.0 Å². The highest BCUT2D eigenvalue weighted by Gasteiger charge is 2.30. The predicted molar refractivity (Wildman–Crippen MR) is 92.2 cm³/mol. The minimum atomic E-state index is -4.40. The lowest BCUT2D eigenvalue weighted by Gasteiger charge is -2.07. The molecule has 0 aliphatic carbocycles. The Labute approximate surface area is 148 Å². The Bertz CT molecular complexity index is 894. The zero-order valence-electron chi connectivity index (χ0n) is 14.2. The lowest BCUT2D eigenvalue weighted by Crippen LogP contribution is -2.05. The van der Waals surface area contributed by atoms with Crippen molar-refractivity contribution in [1.29, 1.82) is 0 Å². The highest BCUT2D eigenvalue weighted by Crippen LogP contribution is 2.28. The first-order chi connectivity index (χ1) is 12.3. The zero-order chi connectivity index (χ0) is 18.7. The molecule has 5 nitrogen and oxygen atoms in total. The summed E-state index contributed by atoms with van der Waals surface area (Å²) in [7, 11) is 0. The summed E-state index contributed by atoms with van der Waals surface area (Å²) < 4.78 is 45.0. The number of aryl methyl sites for hydroxylation is 1. The van der Waals surface area contributed by atoms with E-state index in [1.165, 1.54) is 6.07 Å². The van der Waals surface area contributed by atoms with Crippen LogP contribution in [-0.2, 0) is 12.7 Å². The van der Waals surface area contributed by atoms with Crippen LogP contribution in [0.5, 0.6) is 0 Å². The number of hydrazone groups is 1. The van der Waals surface area contributed by atoms with Gasteiger partial charge in [-0.2, -0.15) is 18.3 Å². The molecule has 8 heteroatoms. The van der Waals surface area contributed by atoms with Gasteiger partial charge in [0.15, 0.2) is 0 Å². The first-order valence-corrected chi connectivity index (χ1v) is 7.86. The number of aromatic nitrogens is 2. The number of alkyl halides is 3. The molecule has 1 N–H and O–H groups in total. The maximum atomic E-state index is 12.5. The van der Waals surface area contributed by atoms with Crippen LogP contribution in [0.3, 0.4) is 0 Å². The number of nitrogens with one attached hydrogen (secondary N) is 1. The summed E-state index contributed by atoms with van der Waals surface area (Å²) in [6.07, 6.45) is -0.388. The molecule has 0 aromatic carbocycles. The number of hydrogen-bond donors (Lipinski definition) is 1. The molecule has 136 valence electrons. The molecule has 0 amide bonds. The van der Waals surface area contributed by atoms with Crippen molar-refractivity contribution >= 4 is 12.0 Å². The topological polar surface area (TPSA) is 55.4 Å². The molecule has 0 saturated carbocycles. The van der Waals surface area contributed by atoms with E-state index in [4.69, 9.17) is 4.42 Å². The van der Waals surface area contributed by atoms with Crippen LogP contribution in [0.1, 0.15) is 28.3 Å². The van der Waals surface area contributed by atoms with Gasteiger partial charge < -0.3 is 8.98 Å². The Morgan fingerprint density at radius 2 is 2.08 bits per heavy atom. The third-order valence-corrected chi connectivity index (χ3v) is 3.98. The van der Waals surface area contributed by atoms with Crippen LogP contribution in [-0.4, -0.2) is 15.8 Å². The van der Waals surface area contributed by atoms with Gasteiger partial charge in [-0.05, 0) is 44.2 Å². The number of anilines is 1. The van der Waals surface area contributed by atoms with Crippen LogP contribution < -0.4 is 5.43 Å². The van der Waals surface area contributed by atoms with E-state index in [0.717, 1.165) is 35.0 Å². The molecule has 0 saturated heterocycles. The Morgan fingerprint density at radius 3 is 2.69 bits per heavy atom. The van der Waals surface area contributed by atoms with Crippen LogP contribution in [0.25, 0.3) is 0 Å². The standard InChI is InChI=1S/C18H17F3N4O/c1-12-8-14(13(2)25(12)11-16-4-3-7-26-16)9-23-24-17-6-5-15(10-22-17)18(19,20)21/h3-10H,11H2,1-2H3,(H,22,24). The molecular formula is C18H17F3N4O. The molecule has 26 heavy (non-hydrogen) atoms. The van der Waals surface area contributed by atoms with E-state index < -0.39 is 11.7 Å². The minimum absolute atomic E-state index is 0.235. The van der Waals surface area contributed by atoms with Crippen LogP contribution in [0.2, 0.25) is 0 Å². The Hall–Kier alpha value is -3.03. The Morgan fingerprint density at radius 1 is 1.27 bits per heavy atom. The van der Waals surface area contributed by atoms with Gasteiger partial charge in [-0.1, -0.05) is 0 Å². The number of halogens is 3. The first-order valence-electron chi connectivity index (χ1n) is 7.86. The van der Waals surface area contributed by atoms with E-state index in [1.54, 1.807) is 12.5 Å². The number of furan rings is 1. The van der Waals surface area contributed by atoms with E-state index in [1.807, 2.05) is 32.0 Å². The molecule has 0 spiro atoms. The summed E-state index contributed by atoms with van der Waals surface area (Å²) in [4.78, 5) is 3.71. The smallest absolute Gasteiger partial charge is 0.417 e. The molecule has 0 fully saturated rings.